The number of rotatable bonds is 8. The standard InChI is InChI=1S/C22H39N5O2/c1-16(2)19(26-21(28)29-22(4,5)6)12-14-27(8)20(23-7)24-13-11-18-10-9-17(3)25-15-18/h9-10,15-16,19H,11-14H2,1-8H3,(H,23,24)(H,26,28). The Morgan fingerprint density at radius 1 is 1.31 bits per heavy atom. The van der Waals surface area contributed by atoms with Crippen LogP contribution < -0.4 is 10.6 Å². The van der Waals surface area contributed by atoms with Crippen LogP contribution in [0.4, 0.5) is 4.79 Å². The van der Waals surface area contributed by atoms with Gasteiger partial charge in [0.15, 0.2) is 5.96 Å². The Morgan fingerprint density at radius 3 is 2.52 bits per heavy atom. The number of alkyl carbamates (subject to hydrolysis) is 1. The van der Waals surface area contributed by atoms with Gasteiger partial charge in [-0.25, -0.2) is 4.79 Å². The third-order valence-electron chi connectivity index (χ3n) is 4.53. The van der Waals surface area contributed by atoms with E-state index in [-0.39, 0.29) is 12.1 Å². The van der Waals surface area contributed by atoms with Crippen molar-refractivity contribution in [3.63, 3.8) is 0 Å². The summed E-state index contributed by atoms with van der Waals surface area (Å²) in [4.78, 5) is 22.9. The minimum absolute atomic E-state index is 0.0315. The lowest BCUT2D eigenvalue weighted by atomic mass is 10.0. The van der Waals surface area contributed by atoms with Crippen LogP contribution in [0, 0.1) is 12.8 Å². The number of nitrogens with one attached hydrogen (secondary N) is 2. The quantitative estimate of drug-likeness (QED) is 0.512. The van der Waals surface area contributed by atoms with Gasteiger partial charge in [0.25, 0.3) is 0 Å². The smallest absolute Gasteiger partial charge is 0.407 e. The number of hydrogen-bond donors (Lipinski definition) is 2. The Kier molecular flexibility index (Phi) is 9.92. The van der Waals surface area contributed by atoms with Crippen LogP contribution in [-0.4, -0.2) is 60.8 Å². The summed E-state index contributed by atoms with van der Waals surface area (Å²) in [7, 11) is 3.79. The molecular formula is C22H39N5O2. The fraction of sp³-hybridized carbons (Fsp3) is 0.682. The second-order valence-electron chi connectivity index (χ2n) is 8.74. The third-order valence-corrected chi connectivity index (χ3v) is 4.53. The number of pyridine rings is 1. The van der Waals surface area contributed by atoms with Crippen molar-refractivity contribution in [1.82, 2.24) is 20.5 Å². The lowest BCUT2D eigenvalue weighted by Gasteiger charge is -2.28. The molecule has 0 saturated heterocycles. The molecule has 0 saturated carbocycles. The van der Waals surface area contributed by atoms with E-state index in [2.05, 4.69) is 45.4 Å². The van der Waals surface area contributed by atoms with Gasteiger partial charge in [0, 0.05) is 45.1 Å². The predicted octanol–water partition coefficient (Wildman–Crippen LogP) is 3.38. The molecule has 7 nitrogen and oxygen atoms in total. The van der Waals surface area contributed by atoms with Gasteiger partial charge in [-0.05, 0) is 58.1 Å². The highest BCUT2D eigenvalue weighted by Crippen LogP contribution is 2.11. The molecule has 0 aromatic carbocycles. The van der Waals surface area contributed by atoms with Crippen molar-refractivity contribution in [2.45, 2.75) is 66.0 Å². The zero-order valence-corrected chi connectivity index (χ0v) is 19.4. The first-order chi connectivity index (χ1) is 13.5. The maximum absolute atomic E-state index is 12.1. The first-order valence-electron chi connectivity index (χ1n) is 10.3. The van der Waals surface area contributed by atoms with E-state index in [0.29, 0.717) is 5.92 Å². The highest BCUT2D eigenvalue weighted by Gasteiger charge is 2.22. The number of ether oxygens (including phenoxy) is 1. The first kappa shape index (κ1) is 24.7. The maximum atomic E-state index is 12.1. The van der Waals surface area contributed by atoms with Gasteiger partial charge in [-0.2, -0.15) is 0 Å². The van der Waals surface area contributed by atoms with E-state index in [4.69, 9.17) is 4.74 Å². The summed E-state index contributed by atoms with van der Waals surface area (Å²) >= 11 is 0. The average Bonchev–Trinajstić information content (AvgIpc) is 2.61. The van der Waals surface area contributed by atoms with Gasteiger partial charge >= 0.3 is 6.09 Å². The molecule has 0 fully saturated rings. The number of aromatic nitrogens is 1. The zero-order valence-electron chi connectivity index (χ0n) is 19.4. The van der Waals surface area contributed by atoms with Crippen LogP contribution in [-0.2, 0) is 11.2 Å². The number of nitrogens with zero attached hydrogens (tertiary/aromatic N) is 3. The van der Waals surface area contributed by atoms with Crippen LogP contribution in [0.5, 0.6) is 0 Å². The Bertz CT molecular complexity index is 650. The van der Waals surface area contributed by atoms with Crippen LogP contribution in [0.25, 0.3) is 0 Å². The zero-order chi connectivity index (χ0) is 22.0. The van der Waals surface area contributed by atoms with Crippen LogP contribution >= 0.6 is 0 Å². The minimum Gasteiger partial charge on any atom is -0.444 e. The Hall–Kier alpha value is -2.31. The molecule has 1 atom stereocenters. The van der Waals surface area contributed by atoms with Crippen molar-refractivity contribution < 1.29 is 9.53 Å². The molecule has 1 aromatic heterocycles. The molecule has 1 unspecified atom stereocenters. The molecule has 1 aromatic rings. The molecule has 0 spiro atoms. The summed E-state index contributed by atoms with van der Waals surface area (Å²) in [6, 6.07) is 4.16. The molecule has 2 N–H and O–H groups in total. The lowest BCUT2D eigenvalue weighted by Crippen LogP contribution is -2.45. The van der Waals surface area contributed by atoms with E-state index in [1.54, 1.807) is 7.05 Å². The number of carbonyl (C=O) groups is 1. The number of hydrogen-bond acceptors (Lipinski definition) is 4. The molecule has 0 bridgehead atoms. The van der Waals surface area contributed by atoms with Crippen molar-refractivity contribution >= 4 is 12.1 Å². The lowest BCUT2D eigenvalue weighted by molar-refractivity contribution is 0.0486. The molecule has 0 aliphatic heterocycles. The van der Waals surface area contributed by atoms with Gasteiger partial charge in [-0.3, -0.25) is 9.98 Å². The summed E-state index contributed by atoms with van der Waals surface area (Å²) in [6.07, 6.45) is 3.23. The molecule has 164 valence electrons. The minimum atomic E-state index is -0.499. The number of carbonyl (C=O) groups excluding carboxylic acids is 1. The number of amides is 1. The third kappa shape index (κ3) is 10.1. The van der Waals surface area contributed by atoms with Crippen LogP contribution in [0.3, 0.4) is 0 Å². The van der Waals surface area contributed by atoms with Gasteiger partial charge in [-0.15, -0.1) is 0 Å². The summed E-state index contributed by atoms with van der Waals surface area (Å²) in [6.45, 7) is 13.3. The predicted molar refractivity (Wildman–Crippen MR) is 119 cm³/mol. The molecule has 1 heterocycles. The average molecular weight is 406 g/mol. The summed E-state index contributed by atoms with van der Waals surface area (Å²) in [5.74, 6) is 1.14. The van der Waals surface area contributed by atoms with Crippen molar-refractivity contribution in [2.75, 3.05) is 27.2 Å². The molecule has 1 rings (SSSR count). The molecule has 0 aliphatic carbocycles. The number of aliphatic imine (C=N–C) groups is 1. The van der Waals surface area contributed by atoms with Crippen molar-refractivity contribution in [1.29, 1.82) is 0 Å². The van der Waals surface area contributed by atoms with Gasteiger partial charge in [0.1, 0.15) is 5.60 Å². The van der Waals surface area contributed by atoms with E-state index < -0.39 is 5.60 Å². The highest BCUT2D eigenvalue weighted by molar-refractivity contribution is 5.79. The van der Waals surface area contributed by atoms with E-state index in [9.17, 15) is 4.79 Å². The summed E-state index contributed by atoms with van der Waals surface area (Å²) in [5.41, 5.74) is 1.72. The van der Waals surface area contributed by atoms with E-state index in [0.717, 1.165) is 37.6 Å². The summed E-state index contributed by atoms with van der Waals surface area (Å²) in [5, 5.41) is 6.39. The topological polar surface area (TPSA) is 78.9 Å². The molecule has 1 amide bonds. The monoisotopic (exact) mass is 405 g/mol. The molecule has 0 aliphatic rings. The van der Waals surface area contributed by atoms with E-state index in [1.165, 1.54) is 5.56 Å². The van der Waals surface area contributed by atoms with E-state index in [1.807, 2.05) is 47.0 Å². The van der Waals surface area contributed by atoms with Crippen molar-refractivity contribution in [3.8, 4) is 0 Å². The molecular weight excluding hydrogens is 366 g/mol. The maximum Gasteiger partial charge on any atom is 0.407 e. The molecule has 0 radical (unpaired) electrons. The van der Waals surface area contributed by atoms with Crippen molar-refractivity contribution in [2.24, 2.45) is 10.9 Å². The highest BCUT2D eigenvalue weighted by atomic mass is 16.6. The van der Waals surface area contributed by atoms with Gasteiger partial charge in [0.2, 0.25) is 0 Å². The largest absolute Gasteiger partial charge is 0.444 e. The van der Waals surface area contributed by atoms with Gasteiger partial charge in [0.05, 0.1) is 0 Å². The summed E-state index contributed by atoms with van der Waals surface area (Å²) < 4.78 is 5.39. The molecule has 7 heteroatoms. The fourth-order valence-electron chi connectivity index (χ4n) is 2.82. The van der Waals surface area contributed by atoms with Crippen molar-refractivity contribution in [3.05, 3.63) is 29.6 Å². The molecule has 29 heavy (non-hydrogen) atoms. The van der Waals surface area contributed by atoms with Gasteiger partial charge in [-0.1, -0.05) is 19.9 Å². The van der Waals surface area contributed by atoms with Crippen LogP contribution in [0.1, 0.15) is 52.3 Å². The normalized spacial score (nSPS) is 13.2. The first-order valence-corrected chi connectivity index (χ1v) is 10.3. The Labute approximate surface area is 176 Å². The van der Waals surface area contributed by atoms with Gasteiger partial charge < -0.3 is 20.3 Å². The second kappa shape index (κ2) is 11.6. The van der Waals surface area contributed by atoms with Crippen LogP contribution in [0.2, 0.25) is 0 Å². The number of aryl methyl sites for hydroxylation is 1. The second-order valence-corrected chi connectivity index (χ2v) is 8.74. The Morgan fingerprint density at radius 2 is 2.00 bits per heavy atom. The van der Waals surface area contributed by atoms with E-state index >= 15 is 0 Å². The fourth-order valence-corrected chi connectivity index (χ4v) is 2.82. The number of guanidine groups is 1. The van der Waals surface area contributed by atoms with Crippen LogP contribution in [0.15, 0.2) is 23.3 Å². The SMILES string of the molecule is CN=C(NCCc1ccc(C)nc1)N(C)CCC(NC(=O)OC(C)(C)C)C(C)C. The Balaban J connectivity index is 2.49.